The van der Waals surface area contributed by atoms with Crippen LogP contribution in [-0.4, -0.2) is 42.0 Å². The van der Waals surface area contributed by atoms with Gasteiger partial charge < -0.3 is 9.47 Å². The van der Waals surface area contributed by atoms with E-state index in [2.05, 4.69) is 4.74 Å². The smallest absolute Gasteiger partial charge is 0.309 e. The van der Waals surface area contributed by atoms with Gasteiger partial charge in [0.25, 0.3) is 0 Å². The topological polar surface area (TPSA) is 52.6 Å². The molecule has 0 aliphatic rings. The number of methoxy groups -OCH3 is 2. The van der Waals surface area contributed by atoms with Crippen molar-refractivity contribution in [2.45, 2.75) is 25.5 Å². The van der Waals surface area contributed by atoms with Crippen molar-refractivity contribution < 1.29 is 18.5 Å². The molecule has 90 valence electrons. The molecule has 0 saturated carbocycles. The van der Waals surface area contributed by atoms with Crippen molar-refractivity contribution in [1.82, 2.24) is 0 Å². The molecule has 0 spiro atoms. The van der Waals surface area contributed by atoms with E-state index < -0.39 is 10.8 Å². The van der Waals surface area contributed by atoms with Crippen molar-refractivity contribution in [3.05, 3.63) is 0 Å². The quantitative estimate of drug-likeness (QED) is 0.618. The number of rotatable bonds is 7. The second kappa shape index (κ2) is 7.82. The molecule has 15 heavy (non-hydrogen) atoms. The molecule has 0 aliphatic heterocycles. The minimum Gasteiger partial charge on any atom is -0.469 e. The summed E-state index contributed by atoms with van der Waals surface area (Å²) in [6.45, 7) is 4.23. The van der Waals surface area contributed by atoms with Crippen molar-refractivity contribution >= 4 is 16.8 Å². The summed E-state index contributed by atoms with van der Waals surface area (Å²) < 4.78 is 21.2. The summed E-state index contributed by atoms with van der Waals surface area (Å²) in [7, 11) is 1.96. The zero-order valence-corrected chi connectivity index (χ0v) is 10.6. The molecule has 0 aliphatic carbocycles. The largest absolute Gasteiger partial charge is 0.469 e. The van der Waals surface area contributed by atoms with E-state index in [1.807, 2.05) is 6.92 Å². The van der Waals surface area contributed by atoms with Crippen LogP contribution in [0.2, 0.25) is 0 Å². The molecule has 0 heterocycles. The number of hydrogen-bond donors (Lipinski definition) is 0. The maximum Gasteiger partial charge on any atom is 0.309 e. The van der Waals surface area contributed by atoms with E-state index in [-0.39, 0.29) is 17.1 Å². The number of ether oxygens (including phenoxy) is 2. The highest BCUT2D eigenvalue weighted by molar-refractivity contribution is 7.85. The first-order chi connectivity index (χ1) is 7.02. The van der Waals surface area contributed by atoms with Crippen molar-refractivity contribution in [2.75, 3.05) is 26.6 Å². The fraction of sp³-hybridized carbons (Fsp3) is 0.900. The van der Waals surface area contributed by atoms with E-state index in [0.717, 1.165) is 6.42 Å². The Kier molecular flexibility index (Phi) is 7.60. The summed E-state index contributed by atoms with van der Waals surface area (Å²) in [5.74, 6) is -0.250. The third kappa shape index (κ3) is 5.89. The normalized spacial score (nSPS) is 16.8. The summed E-state index contributed by atoms with van der Waals surface area (Å²) in [5, 5.41) is 0.0528. The van der Waals surface area contributed by atoms with E-state index in [4.69, 9.17) is 4.74 Å². The van der Waals surface area contributed by atoms with Crippen LogP contribution < -0.4 is 0 Å². The van der Waals surface area contributed by atoms with Gasteiger partial charge in [-0.05, 0) is 6.42 Å². The van der Waals surface area contributed by atoms with Crippen LogP contribution in [0.15, 0.2) is 0 Å². The lowest BCUT2D eigenvalue weighted by molar-refractivity contribution is -0.144. The van der Waals surface area contributed by atoms with Crippen LogP contribution in [0.5, 0.6) is 0 Å². The number of hydrogen-bond acceptors (Lipinski definition) is 4. The van der Waals surface area contributed by atoms with Crippen LogP contribution in [0.4, 0.5) is 0 Å². The highest BCUT2D eigenvalue weighted by Gasteiger charge is 2.19. The molecule has 0 aromatic heterocycles. The molecule has 0 saturated heterocycles. The first-order valence-corrected chi connectivity index (χ1v) is 6.35. The molecule has 0 fully saturated rings. The Morgan fingerprint density at radius 1 is 1.33 bits per heavy atom. The average molecular weight is 236 g/mol. The zero-order chi connectivity index (χ0) is 11.8. The standard InChI is InChI=1S/C10H20O4S/c1-8(10(11)14-4)7-15(12)9(2)5-6-13-3/h8-9H,5-7H2,1-4H3. The third-order valence-corrected chi connectivity index (χ3v) is 4.16. The average Bonchev–Trinajstić information content (AvgIpc) is 2.24. The Morgan fingerprint density at radius 3 is 2.40 bits per heavy atom. The van der Waals surface area contributed by atoms with Gasteiger partial charge in [-0.15, -0.1) is 0 Å². The molecule has 0 bridgehead atoms. The van der Waals surface area contributed by atoms with Gasteiger partial charge in [-0.1, -0.05) is 13.8 Å². The van der Waals surface area contributed by atoms with E-state index in [1.165, 1.54) is 7.11 Å². The van der Waals surface area contributed by atoms with Crippen molar-refractivity contribution in [3.63, 3.8) is 0 Å². The summed E-state index contributed by atoms with van der Waals surface area (Å²) in [5.41, 5.74) is 0. The molecule has 3 unspecified atom stereocenters. The number of carbonyl (C=O) groups is 1. The summed E-state index contributed by atoms with van der Waals surface area (Å²) in [4.78, 5) is 11.1. The van der Waals surface area contributed by atoms with Gasteiger partial charge in [-0.3, -0.25) is 9.00 Å². The molecule has 0 radical (unpaired) electrons. The van der Waals surface area contributed by atoms with Gasteiger partial charge in [0.1, 0.15) is 0 Å². The van der Waals surface area contributed by atoms with Gasteiger partial charge in [0.2, 0.25) is 0 Å². The molecular formula is C10H20O4S. The first kappa shape index (κ1) is 14.6. The van der Waals surface area contributed by atoms with Gasteiger partial charge >= 0.3 is 5.97 Å². The van der Waals surface area contributed by atoms with Crippen molar-refractivity contribution in [2.24, 2.45) is 5.92 Å². The van der Waals surface area contributed by atoms with Crippen molar-refractivity contribution in [3.8, 4) is 0 Å². The van der Waals surface area contributed by atoms with Gasteiger partial charge in [-0.25, -0.2) is 0 Å². The van der Waals surface area contributed by atoms with Crippen LogP contribution in [0.25, 0.3) is 0 Å². The first-order valence-electron chi connectivity index (χ1n) is 4.96. The lowest BCUT2D eigenvalue weighted by Gasteiger charge is -2.13. The lowest BCUT2D eigenvalue weighted by atomic mass is 10.2. The van der Waals surface area contributed by atoms with Crippen LogP contribution in [-0.2, 0) is 25.1 Å². The lowest BCUT2D eigenvalue weighted by Crippen LogP contribution is -2.24. The van der Waals surface area contributed by atoms with E-state index in [1.54, 1.807) is 14.0 Å². The van der Waals surface area contributed by atoms with Crippen LogP contribution in [0.3, 0.4) is 0 Å². The molecule has 4 nitrogen and oxygen atoms in total. The third-order valence-electron chi connectivity index (χ3n) is 2.20. The molecular weight excluding hydrogens is 216 g/mol. The number of esters is 1. The maximum absolute atomic E-state index is 11.7. The second-order valence-electron chi connectivity index (χ2n) is 3.56. The summed E-state index contributed by atoms with van der Waals surface area (Å²) >= 11 is 0. The minimum absolute atomic E-state index is 0.0528. The Morgan fingerprint density at radius 2 is 1.93 bits per heavy atom. The van der Waals surface area contributed by atoms with Gasteiger partial charge in [0.05, 0.1) is 13.0 Å². The molecule has 0 N–H and O–H groups in total. The second-order valence-corrected chi connectivity index (χ2v) is 5.46. The SMILES string of the molecule is COCCC(C)S(=O)CC(C)C(=O)OC. The predicted octanol–water partition coefficient (Wildman–Crippen LogP) is 0.969. The molecule has 5 heteroatoms. The summed E-state index contributed by atoms with van der Waals surface area (Å²) in [6.07, 6.45) is 0.747. The van der Waals surface area contributed by atoms with Gasteiger partial charge in [0, 0.05) is 35.5 Å². The fourth-order valence-corrected chi connectivity index (χ4v) is 2.41. The Balaban J connectivity index is 3.95. The van der Waals surface area contributed by atoms with Crippen LogP contribution >= 0.6 is 0 Å². The zero-order valence-electron chi connectivity index (χ0n) is 9.82. The molecule has 0 aromatic rings. The molecule has 0 rings (SSSR count). The predicted molar refractivity (Wildman–Crippen MR) is 60.1 cm³/mol. The molecule has 3 atom stereocenters. The molecule has 0 amide bonds. The minimum atomic E-state index is -0.999. The van der Waals surface area contributed by atoms with Gasteiger partial charge in [0.15, 0.2) is 0 Å². The Hall–Kier alpha value is -0.420. The molecule has 0 aromatic carbocycles. The summed E-state index contributed by atoms with van der Waals surface area (Å²) in [6, 6.07) is 0. The van der Waals surface area contributed by atoms with Crippen LogP contribution in [0, 0.1) is 5.92 Å². The van der Waals surface area contributed by atoms with Crippen LogP contribution in [0.1, 0.15) is 20.3 Å². The van der Waals surface area contributed by atoms with E-state index >= 15 is 0 Å². The monoisotopic (exact) mass is 236 g/mol. The maximum atomic E-state index is 11.7. The highest BCUT2D eigenvalue weighted by Crippen LogP contribution is 2.08. The Labute approximate surface area is 93.8 Å². The fourth-order valence-electron chi connectivity index (χ4n) is 1.10. The number of carbonyl (C=O) groups excluding carboxylic acids is 1. The van der Waals surface area contributed by atoms with E-state index in [0.29, 0.717) is 12.4 Å². The Bertz CT molecular complexity index is 217. The highest BCUT2D eigenvalue weighted by atomic mass is 32.2. The van der Waals surface area contributed by atoms with E-state index in [9.17, 15) is 9.00 Å². The van der Waals surface area contributed by atoms with Crippen molar-refractivity contribution in [1.29, 1.82) is 0 Å². The van der Waals surface area contributed by atoms with Gasteiger partial charge in [-0.2, -0.15) is 0 Å².